The van der Waals surface area contributed by atoms with E-state index in [0.29, 0.717) is 11.1 Å². The van der Waals surface area contributed by atoms with E-state index in [1.165, 1.54) is 24.3 Å². The highest BCUT2D eigenvalue weighted by Gasteiger charge is 2.48. The summed E-state index contributed by atoms with van der Waals surface area (Å²) in [7, 11) is 0. The van der Waals surface area contributed by atoms with Crippen LogP contribution >= 0.6 is 0 Å². The molecule has 1 amide bonds. The number of benzene rings is 1. The molecule has 0 unspecified atom stereocenters. The average molecular weight is 265 g/mol. The number of alkyl halides is 4. The van der Waals surface area contributed by atoms with Crippen molar-refractivity contribution in [2.45, 2.75) is 25.5 Å². The van der Waals surface area contributed by atoms with Crippen molar-refractivity contribution in [2.24, 2.45) is 0 Å². The van der Waals surface area contributed by atoms with Gasteiger partial charge in [0, 0.05) is 6.54 Å². The van der Waals surface area contributed by atoms with Gasteiger partial charge in [-0.2, -0.15) is 8.78 Å². The summed E-state index contributed by atoms with van der Waals surface area (Å²) in [4.78, 5) is 10.8. The van der Waals surface area contributed by atoms with Crippen LogP contribution in [0.2, 0.25) is 0 Å². The molecule has 0 saturated heterocycles. The first-order chi connectivity index (χ1) is 8.37. The zero-order valence-corrected chi connectivity index (χ0v) is 9.17. The van der Waals surface area contributed by atoms with Gasteiger partial charge in [-0.25, -0.2) is 8.78 Å². The van der Waals surface area contributed by atoms with Gasteiger partial charge in [-0.1, -0.05) is 24.3 Å². The van der Waals surface area contributed by atoms with Gasteiger partial charge in [0.05, 0.1) is 6.61 Å². The monoisotopic (exact) mass is 265 g/mol. The zero-order valence-electron chi connectivity index (χ0n) is 9.17. The Morgan fingerprint density at radius 2 is 1.72 bits per heavy atom. The lowest BCUT2D eigenvalue weighted by atomic mass is 10.1. The largest absolute Gasteiger partial charge is 0.392 e. The van der Waals surface area contributed by atoms with E-state index >= 15 is 0 Å². The molecule has 2 N–H and O–H groups in total. The van der Waals surface area contributed by atoms with Crippen molar-refractivity contribution in [2.75, 3.05) is 0 Å². The Bertz CT molecular complexity index is 406. The molecule has 1 aromatic rings. The van der Waals surface area contributed by atoms with Crippen LogP contribution in [0.25, 0.3) is 0 Å². The van der Waals surface area contributed by atoms with Gasteiger partial charge in [-0.05, 0) is 11.1 Å². The van der Waals surface area contributed by atoms with E-state index < -0.39 is 18.3 Å². The van der Waals surface area contributed by atoms with Gasteiger partial charge in [-0.15, -0.1) is 0 Å². The maximum atomic E-state index is 12.6. The highest BCUT2D eigenvalue weighted by molar-refractivity contribution is 5.83. The molecule has 0 heterocycles. The Labute approximate surface area is 100 Å². The minimum Gasteiger partial charge on any atom is -0.392 e. The molecule has 0 aliphatic rings. The standard InChI is InChI=1S/C11H11F4NO2/c12-9(13)11(14,15)10(18)16-5-7-1-3-8(6-17)4-2-7/h1-4,9,17H,5-6H2,(H,16,18). The third-order valence-corrected chi connectivity index (χ3v) is 2.24. The number of carbonyl (C=O) groups excluding carboxylic acids is 1. The molecule has 0 bridgehead atoms. The Morgan fingerprint density at radius 1 is 1.22 bits per heavy atom. The molecule has 1 aromatic carbocycles. The molecule has 0 saturated carbocycles. The lowest BCUT2D eigenvalue weighted by molar-refractivity contribution is -0.169. The second-order valence-electron chi connectivity index (χ2n) is 3.58. The van der Waals surface area contributed by atoms with E-state index in [-0.39, 0.29) is 13.2 Å². The van der Waals surface area contributed by atoms with E-state index in [0.717, 1.165) is 0 Å². The summed E-state index contributed by atoms with van der Waals surface area (Å²) < 4.78 is 48.8. The van der Waals surface area contributed by atoms with Crippen molar-refractivity contribution >= 4 is 5.91 Å². The molecule has 0 spiro atoms. The number of rotatable bonds is 5. The molecular formula is C11H11F4NO2. The van der Waals surface area contributed by atoms with Crippen LogP contribution in [0.15, 0.2) is 24.3 Å². The maximum absolute atomic E-state index is 12.6. The minimum atomic E-state index is -4.69. The number of carbonyl (C=O) groups is 1. The summed E-state index contributed by atoms with van der Waals surface area (Å²) in [5.74, 6) is -6.70. The van der Waals surface area contributed by atoms with Crippen LogP contribution in [0.4, 0.5) is 17.6 Å². The summed E-state index contributed by atoms with van der Waals surface area (Å²) in [6.45, 7) is -0.455. The number of hydrogen-bond acceptors (Lipinski definition) is 2. The second-order valence-corrected chi connectivity index (χ2v) is 3.58. The molecule has 0 fully saturated rings. The number of aliphatic hydroxyl groups excluding tert-OH is 1. The molecule has 0 atom stereocenters. The van der Waals surface area contributed by atoms with Gasteiger partial charge in [0.2, 0.25) is 0 Å². The Morgan fingerprint density at radius 3 is 2.17 bits per heavy atom. The van der Waals surface area contributed by atoms with Crippen molar-refractivity contribution in [1.82, 2.24) is 5.32 Å². The highest BCUT2D eigenvalue weighted by atomic mass is 19.3. The lowest BCUT2D eigenvalue weighted by Crippen LogP contribution is -2.44. The van der Waals surface area contributed by atoms with E-state index in [9.17, 15) is 22.4 Å². The van der Waals surface area contributed by atoms with Gasteiger partial charge in [0.1, 0.15) is 0 Å². The van der Waals surface area contributed by atoms with E-state index in [4.69, 9.17) is 5.11 Å². The van der Waals surface area contributed by atoms with Crippen molar-refractivity contribution < 1.29 is 27.5 Å². The van der Waals surface area contributed by atoms with Crippen molar-refractivity contribution in [3.63, 3.8) is 0 Å². The normalized spacial score (nSPS) is 11.7. The molecule has 1 rings (SSSR count). The summed E-state index contributed by atoms with van der Waals surface area (Å²) in [6.07, 6.45) is -4.03. The molecule has 0 aliphatic heterocycles. The van der Waals surface area contributed by atoms with E-state index in [1.54, 1.807) is 5.32 Å². The molecule has 0 radical (unpaired) electrons. The number of aliphatic hydroxyl groups is 1. The number of hydrogen-bond donors (Lipinski definition) is 2. The lowest BCUT2D eigenvalue weighted by Gasteiger charge is -2.14. The number of halogens is 4. The predicted octanol–water partition coefficient (Wildman–Crippen LogP) is 1.70. The molecule has 0 aromatic heterocycles. The summed E-state index contributed by atoms with van der Waals surface area (Å²) in [5, 5.41) is 10.5. The maximum Gasteiger partial charge on any atom is 0.383 e. The van der Waals surface area contributed by atoms with Gasteiger partial charge in [0.25, 0.3) is 5.91 Å². The summed E-state index contributed by atoms with van der Waals surface area (Å²) >= 11 is 0. The number of amides is 1. The first-order valence-corrected chi connectivity index (χ1v) is 5.01. The smallest absolute Gasteiger partial charge is 0.383 e. The van der Waals surface area contributed by atoms with Gasteiger partial charge < -0.3 is 10.4 Å². The Hall–Kier alpha value is -1.63. The molecule has 100 valence electrons. The predicted molar refractivity (Wildman–Crippen MR) is 55.2 cm³/mol. The number of nitrogens with one attached hydrogen (secondary N) is 1. The summed E-state index contributed by atoms with van der Waals surface area (Å²) in [5.41, 5.74) is 1.08. The molecule has 0 aliphatic carbocycles. The molecule has 18 heavy (non-hydrogen) atoms. The van der Waals surface area contributed by atoms with Crippen LogP contribution in [0.3, 0.4) is 0 Å². The van der Waals surface area contributed by atoms with Crippen LogP contribution in [-0.2, 0) is 17.9 Å². The fourth-order valence-corrected chi connectivity index (χ4v) is 1.16. The van der Waals surface area contributed by atoms with Crippen LogP contribution in [-0.4, -0.2) is 23.4 Å². The third kappa shape index (κ3) is 3.43. The van der Waals surface area contributed by atoms with Gasteiger partial charge in [-0.3, -0.25) is 4.79 Å². The van der Waals surface area contributed by atoms with Crippen LogP contribution in [0, 0.1) is 0 Å². The SMILES string of the molecule is O=C(NCc1ccc(CO)cc1)C(F)(F)C(F)F. The zero-order chi connectivity index (χ0) is 13.8. The molecular weight excluding hydrogens is 254 g/mol. The van der Waals surface area contributed by atoms with Crippen molar-refractivity contribution in [3.8, 4) is 0 Å². The summed E-state index contributed by atoms with van der Waals surface area (Å²) in [6, 6.07) is 6.05. The first-order valence-electron chi connectivity index (χ1n) is 5.01. The third-order valence-electron chi connectivity index (χ3n) is 2.24. The van der Waals surface area contributed by atoms with Crippen molar-refractivity contribution in [3.05, 3.63) is 35.4 Å². The fourth-order valence-electron chi connectivity index (χ4n) is 1.16. The first kappa shape index (κ1) is 14.4. The van der Waals surface area contributed by atoms with E-state index in [2.05, 4.69) is 0 Å². The highest BCUT2D eigenvalue weighted by Crippen LogP contribution is 2.22. The molecule has 7 heteroatoms. The second kappa shape index (κ2) is 5.81. The topological polar surface area (TPSA) is 49.3 Å². The van der Waals surface area contributed by atoms with Crippen molar-refractivity contribution in [1.29, 1.82) is 0 Å². The van der Waals surface area contributed by atoms with Crippen LogP contribution in [0.5, 0.6) is 0 Å². The fraction of sp³-hybridized carbons (Fsp3) is 0.364. The van der Waals surface area contributed by atoms with Crippen LogP contribution in [0.1, 0.15) is 11.1 Å². The van der Waals surface area contributed by atoms with E-state index in [1.807, 2.05) is 0 Å². The Kier molecular flexibility index (Phi) is 4.66. The average Bonchev–Trinajstić information content (AvgIpc) is 2.36. The Balaban J connectivity index is 2.57. The quantitative estimate of drug-likeness (QED) is 0.796. The molecule has 3 nitrogen and oxygen atoms in total. The minimum absolute atomic E-state index is 0.171. The van der Waals surface area contributed by atoms with Gasteiger partial charge >= 0.3 is 12.3 Å². The van der Waals surface area contributed by atoms with Crippen LogP contribution < -0.4 is 5.32 Å². The van der Waals surface area contributed by atoms with Gasteiger partial charge in [0.15, 0.2) is 0 Å².